The number of pyridine rings is 1. The van der Waals surface area contributed by atoms with Gasteiger partial charge in [-0.05, 0) is 30.2 Å². The average Bonchev–Trinajstić information content (AvgIpc) is 2.63. The first-order chi connectivity index (χ1) is 12.4. The largest absolute Gasteiger partial charge is 0.494 e. The number of nitrogens with zero attached hydrogens (tertiary/aromatic N) is 1. The second-order valence-corrected chi connectivity index (χ2v) is 5.73. The fourth-order valence-electron chi connectivity index (χ4n) is 2.79. The van der Waals surface area contributed by atoms with E-state index in [1.165, 1.54) is 19.2 Å². The number of ether oxygens (including phenoxy) is 1. The fraction of sp³-hybridized carbons (Fsp3) is 0.158. The molecule has 134 valence electrons. The minimum absolute atomic E-state index is 0.00592. The summed E-state index contributed by atoms with van der Waals surface area (Å²) in [6.45, 7) is 0. The highest BCUT2D eigenvalue weighted by atomic mass is 19.1. The standard InChI is InChI=1S/C19H15F2NO4/c1-26-17-4-2-3-12-9-14(19(24)22(25)18(12)17)16(23)8-6-11-5-7-13(20)10-15(11)21/h2-5,7,9-10,25H,6,8H2,1H3. The number of methoxy groups -OCH3 is 1. The van der Waals surface area contributed by atoms with Crippen LogP contribution in [-0.4, -0.2) is 22.8 Å². The van der Waals surface area contributed by atoms with E-state index in [9.17, 15) is 23.6 Å². The Balaban J connectivity index is 1.93. The molecule has 2 aromatic carbocycles. The molecule has 1 aromatic heterocycles. The summed E-state index contributed by atoms with van der Waals surface area (Å²) < 4.78 is 32.1. The first-order valence-corrected chi connectivity index (χ1v) is 7.81. The minimum Gasteiger partial charge on any atom is -0.494 e. The van der Waals surface area contributed by atoms with E-state index < -0.39 is 23.0 Å². The summed E-state index contributed by atoms with van der Waals surface area (Å²) in [5.41, 5.74) is -0.769. The summed E-state index contributed by atoms with van der Waals surface area (Å²) >= 11 is 0. The predicted octanol–water partition coefficient (Wildman–Crippen LogP) is 3.34. The molecule has 0 fully saturated rings. The van der Waals surface area contributed by atoms with Gasteiger partial charge in [-0.15, -0.1) is 4.73 Å². The normalized spacial score (nSPS) is 10.9. The summed E-state index contributed by atoms with van der Waals surface area (Å²) in [5.74, 6) is -1.72. The molecule has 0 aliphatic heterocycles. The van der Waals surface area contributed by atoms with Crippen LogP contribution in [0.3, 0.4) is 0 Å². The molecule has 26 heavy (non-hydrogen) atoms. The number of hydrogen-bond donors (Lipinski definition) is 1. The lowest BCUT2D eigenvalue weighted by Crippen LogP contribution is -2.25. The summed E-state index contributed by atoms with van der Waals surface area (Å²) in [5, 5.41) is 10.6. The summed E-state index contributed by atoms with van der Waals surface area (Å²) in [6.07, 6.45) is -0.154. The number of Topliss-reactive ketones (excluding diaryl/α,β-unsaturated/α-hetero) is 1. The van der Waals surface area contributed by atoms with Gasteiger partial charge in [0.2, 0.25) is 0 Å². The summed E-state index contributed by atoms with van der Waals surface area (Å²) in [4.78, 5) is 24.7. The van der Waals surface area contributed by atoms with Crippen LogP contribution in [0.25, 0.3) is 10.9 Å². The molecule has 1 N–H and O–H groups in total. The van der Waals surface area contributed by atoms with E-state index in [4.69, 9.17) is 4.74 Å². The number of fused-ring (bicyclic) bond motifs is 1. The Labute approximate surface area is 147 Å². The molecule has 0 saturated carbocycles. The molecule has 0 aliphatic rings. The lowest BCUT2D eigenvalue weighted by atomic mass is 10.0. The maximum atomic E-state index is 13.7. The molecule has 0 spiro atoms. The Hall–Kier alpha value is -3.22. The molecular weight excluding hydrogens is 344 g/mol. The zero-order valence-corrected chi connectivity index (χ0v) is 13.8. The van der Waals surface area contributed by atoms with Crippen LogP contribution >= 0.6 is 0 Å². The molecular formula is C19H15F2NO4. The van der Waals surface area contributed by atoms with Crippen LogP contribution < -0.4 is 10.3 Å². The molecule has 3 aromatic rings. The summed E-state index contributed by atoms with van der Waals surface area (Å²) in [6, 6.07) is 9.33. The van der Waals surface area contributed by atoms with Crippen LogP contribution in [0.2, 0.25) is 0 Å². The van der Waals surface area contributed by atoms with Gasteiger partial charge in [0.25, 0.3) is 5.56 Å². The van der Waals surface area contributed by atoms with Crippen molar-refractivity contribution in [3.05, 3.63) is 75.6 Å². The fourth-order valence-corrected chi connectivity index (χ4v) is 2.79. The third kappa shape index (κ3) is 3.15. The van der Waals surface area contributed by atoms with Gasteiger partial charge in [-0.1, -0.05) is 18.2 Å². The van der Waals surface area contributed by atoms with Gasteiger partial charge in [0.15, 0.2) is 5.78 Å². The van der Waals surface area contributed by atoms with Crippen LogP contribution in [0.4, 0.5) is 8.78 Å². The molecule has 7 heteroatoms. The number of carbonyl (C=O) groups excluding carboxylic acids is 1. The molecule has 5 nitrogen and oxygen atoms in total. The van der Waals surface area contributed by atoms with Crippen molar-refractivity contribution >= 4 is 16.7 Å². The molecule has 0 atom stereocenters. The number of aryl methyl sites for hydroxylation is 1. The minimum atomic E-state index is -0.883. The second kappa shape index (κ2) is 6.95. The van der Waals surface area contributed by atoms with Crippen molar-refractivity contribution in [1.82, 2.24) is 4.73 Å². The number of aromatic nitrogens is 1. The Morgan fingerprint density at radius 1 is 1.19 bits per heavy atom. The number of carbonyl (C=O) groups is 1. The van der Waals surface area contributed by atoms with Gasteiger partial charge in [-0.25, -0.2) is 8.78 Å². The van der Waals surface area contributed by atoms with Crippen LogP contribution in [0.15, 0.2) is 47.3 Å². The van der Waals surface area contributed by atoms with Crippen molar-refractivity contribution in [2.24, 2.45) is 0 Å². The van der Waals surface area contributed by atoms with Crippen LogP contribution in [0, 0.1) is 11.6 Å². The van der Waals surface area contributed by atoms with E-state index in [-0.39, 0.29) is 35.2 Å². The zero-order valence-electron chi connectivity index (χ0n) is 13.8. The van der Waals surface area contributed by atoms with Crippen LogP contribution in [0.1, 0.15) is 22.3 Å². The van der Waals surface area contributed by atoms with Gasteiger partial charge >= 0.3 is 0 Å². The number of benzene rings is 2. The quantitative estimate of drug-likeness (QED) is 0.560. The maximum absolute atomic E-state index is 13.7. The van der Waals surface area contributed by atoms with E-state index in [0.717, 1.165) is 12.1 Å². The first-order valence-electron chi connectivity index (χ1n) is 7.81. The third-order valence-corrected chi connectivity index (χ3v) is 4.12. The van der Waals surface area contributed by atoms with Gasteiger partial charge in [0.05, 0.1) is 12.7 Å². The number of ketones is 1. The first kappa shape index (κ1) is 17.6. The molecule has 0 radical (unpaired) electrons. The lowest BCUT2D eigenvalue weighted by Gasteiger charge is -2.10. The number of halogens is 2. The van der Waals surface area contributed by atoms with Crippen molar-refractivity contribution in [3.63, 3.8) is 0 Å². The van der Waals surface area contributed by atoms with Crippen molar-refractivity contribution in [2.45, 2.75) is 12.8 Å². The smallest absolute Gasteiger partial charge is 0.294 e. The number of para-hydroxylation sites is 1. The van der Waals surface area contributed by atoms with Gasteiger partial charge in [0, 0.05) is 17.9 Å². The van der Waals surface area contributed by atoms with Crippen molar-refractivity contribution < 1.29 is 23.5 Å². The maximum Gasteiger partial charge on any atom is 0.294 e. The second-order valence-electron chi connectivity index (χ2n) is 5.73. The van der Waals surface area contributed by atoms with Gasteiger partial charge in [0.1, 0.15) is 22.9 Å². The molecule has 0 aliphatic carbocycles. The number of rotatable bonds is 5. The van der Waals surface area contributed by atoms with Crippen molar-refractivity contribution in [3.8, 4) is 5.75 Å². The van der Waals surface area contributed by atoms with Crippen molar-refractivity contribution in [2.75, 3.05) is 7.11 Å². The van der Waals surface area contributed by atoms with E-state index in [0.29, 0.717) is 10.1 Å². The van der Waals surface area contributed by atoms with E-state index in [1.807, 2.05) is 0 Å². The monoisotopic (exact) mass is 359 g/mol. The highest BCUT2D eigenvalue weighted by Gasteiger charge is 2.18. The van der Waals surface area contributed by atoms with E-state index in [1.54, 1.807) is 18.2 Å². The SMILES string of the molecule is COc1cccc2cc(C(=O)CCc3ccc(F)cc3F)c(=O)n(O)c12. The summed E-state index contributed by atoms with van der Waals surface area (Å²) in [7, 11) is 1.40. The Morgan fingerprint density at radius 2 is 1.96 bits per heavy atom. The molecule has 0 unspecified atom stereocenters. The Bertz CT molecular complexity index is 1060. The van der Waals surface area contributed by atoms with Crippen molar-refractivity contribution in [1.29, 1.82) is 0 Å². The molecule has 3 rings (SSSR count). The molecule has 1 heterocycles. The Morgan fingerprint density at radius 3 is 2.65 bits per heavy atom. The van der Waals surface area contributed by atoms with Crippen LogP contribution in [0.5, 0.6) is 5.75 Å². The van der Waals surface area contributed by atoms with E-state index in [2.05, 4.69) is 0 Å². The van der Waals surface area contributed by atoms with Gasteiger partial charge in [-0.3, -0.25) is 9.59 Å². The number of hydrogen-bond acceptors (Lipinski definition) is 4. The highest BCUT2D eigenvalue weighted by molar-refractivity contribution is 5.99. The molecule has 0 bridgehead atoms. The van der Waals surface area contributed by atoms with Gasteiger partial charge < -0.3 is 9.94 Å². The topological polar surface area (TPSA) is 68.5 Å². The third-order valence-electron chi connectivity index (χ3n) is 4.12. The van der Waals surface area contributed by atoms with E-state index >= 15 is 0 Å². The predicted molar refractivity (Wildman–Crippen MR) is 91.0 cm³/mol. The van der Waals surface area contributed by atoms with Gasteiger partial charge in [-0.2, -0.15) is 0 Å². The highest BCUT2D eigenvalue weighted by Crippen LogP contribution is 2.24. The lowest BCUT2D eigenvalue weighted by molar-refractivity contribution is 0.0975. The average molecular weight is 359 g/mol. The molecule has 0 saturated heterocycles. The van der Waals surface area contributed by atoms with Crippen LogP contribution in [-0.2, 0) is 6.42 Å². The molecule has 0 amide bonds. The zero-order chi connectivity index (χ0) is 18.8. The Kier molecular flexibility index (Phi) is 4.71.